The summed E-state index contributed by atoms with van der Waals surface area (Å²) >= 11 is 0. The fourth-order valence-corrected chi connectivity index (χ4v) is 3.35. The van der Waals surface area contributed by atoms with Crippen molar-refractivity contribution in [1.29, 1.82) is 0 Å². The number of allylic oxidation sites excluding steroid dienone is 1. The van der Waals surface area contributed by atoms with Crippen LogP contribution in [0.2, 0.25) is 0 Å². The second-order valence-electron chi connectivity index (χ2n) is 7.16. The lowest BCUT2D eigenvalue weighted by Gasteiger charge is -2.11. The van der Waals surface area contributed by atoms with Crippen LogP contribution < -0.4 is 10.6 Å². The smallest absolute Gasteiger partial charge is 0.200 e. The first kappa shape index (κ1) is 20.4. The molecule has 0 fully saturated rings. The Bertz CT molecular complexity index is 1200. The number of carbonyl (C=O) groups is 2. The van der Waals surface area contributed by atoms with Crippen molar-refractivity contribution < 1.29 is 23.5 Å². The number of halogens is 2. The van der Waals surface area contributed by atoms with Crippen LogP contribution in [-0.2, 0) is 0 Å². The van der Waals surface area contributed by atoms with Crippen molar-refractivity contribution in [3.8, 4) is 0 Å². The fraction of sp³-hybridized carbons (Fsp3) is 0.0833. The molecule has 3 aromatic rings. The fourth-order valence-electron chi connectivity index (χ4n) is 3.35. The molecular formula is C24H18F2N2O3. The summed E-state index contributed by atoms with van der Waals surface area (Å²) in [6.45, 7) is 1.62. The number of benzene rings is 3. The lowest BCUT2D eigenvalue weighted by atomic mass is 9.95. The van der Waals surface area contributed by atoms with E-state index in [2.05, 4.69) is 10.6 Å². The number of carbonyl (C=O) groups excluding carboxylic acids is 2. The summed E-state index contributed by atoms with van der Waals surface area (Å²) in [5.41, 5.74) is 1.48. The summed E-state index contributed by atoms with van der Waals surface area (Å²) in [5.74, 6) is -3.17. The number of rotatable bonds is 5. The zero-order chi connectivity index (χ0) is 22.1. The molecule has 7 heteroatoms. The number of hydrogen-bond donors (Lipinski definition) is 3. The molecule has 1 aliphatic heterocycles. The highest BCUT2D eigenvalue weighted by molar-refractivity contribution is 6.32. The second-order valence-corrected chi connectivity index (χ2v) is 7.16. The minimum Gasteiger partial charge on any atom is -0.389 e. The van der Waals surface area contributed by atoms with Crippen molar-refractivity contribution in [2.75, 3.05) is 10.6 Å². The van der Waals surface area contributed by atoms with Crippen molar-refractivity contribution in [2.45, 2.75) is 13.0 Å². The zero-order valence-corrected chi connectivity index (χ0v) is 16.4. The van der Waals surface area contributed by atoms with E-state index in [0.717, 1.165) is 12.1 Å². The van der Waals surface area contributed by atoms with E-state index in [0.29, 0.717) is 23.0 Å². The Kier molecular flexibility index (Phi) is 5.35. The van der Waals surface area contributed by atoms with Gasteiger partial charge in [-0.2, -0.15) is 0 Å². The molecule has 0 bridgehead atoms. The van der Waals surface area contributed by atoms with Gasteiger partial charge in [-0.05, 0) is 36.8 Å². The van der Waals surface area contributed by atoms with E-state index in [4.69, 9.17) is 0 Å². The average Bonchev–Trinajstić information content (AvgIpc) is 3.16. The molecule has 1 unspecified atom stereocenters. The maximum Gasteiger partial charge on any atom is 0.200 e. The summed E-state index contributed by atoms with van der Waals surface area (Å²) in [4.78, 5) is 26.5. The number of nitrogens with one attached hydrogen (secondary N) is 2. The number of hydrogen-bond acceptors (Lipinski definition) is 5. The summed E-state index contributed by atoms with van der Waals surface area (Å²) in [5, 5.41) is 15.8. The molecule has 0 spiro atoms. The molecule has 5 nitrogen and oxygen atoms in total. The van der Waals surface area contributed by atoms with E-state index in [1.165, 1.54) is 0 Å². The van der Waals surface area contributed by atoms with Crippen molar-refractivity contribution >= 4 is 22.9 Å². The van der Waals surface area contributed by atoms with Gasteiger partial charge in [0.05, 0.1) is 17.5 Å². The first-order chi connectivity index (χ1) is 14.8. The number of aliphatic hydroxyl groups is 1. The Morgan fingerprint density at radius 2 is 1.42 bits per heavy atom. The predicted molar refractivity (Wildman–Crippen MR) is 113 cm³/mol. The van der Waals surface area contributed by atoms with Crippen LogP contribution in [0.4, 0.5) is 20.2 Å². The highest BCUT2D eigenvalue weighted by Crippen LogP contribution is 2.35. The molecule has 0 amide bonds. The van der Waals surface area contributed by atoms with Gasteiger partial charge < -0.3 is 15.7 Å². The van der Waals surface area contributed by atoms with Crippen LogP contribution in [0.3, 0.4) is 0 Å². The Balaban J connectivity index is 1.83. The summed E-state index contributed by atoms with van der Waals surface area (Å²) in [6, 6.07) is 15.7. The van der Waals surface area contributed by atoms with Gasteiger partial charge >= 0.3 is 0 Å². The third-order valence-corrected chi connectivity index (χ3v) is 4.91. The summed E-state index contributed by atoms with van der Waals surface area (Å²) < 4.78 is 27.5. The van der Waals surface area contributed by atoms with E-state index >= 15 is 0 Å². The predicted octanol–water partition coefficient (Wildman–Crippen LogP) is 4.83. The van der Waals surface area contributed by atoms with Crippen LogP contribution in [0.5, 0.6) is 0 Å². The molecule has 156 valence electrons. The van der Waals surface area contributed by atoms with Gasteiger partial charge in [-0.3, -0.25) is 9.59 Å². The molecule has 4 rings (SSSR count). The van der Waals surface area contributed by atoms with Gasteiger partial charge in [0, 0.05) is 17.2 Å². The molecule has 0 saturated carbocycles. The Hall–Kier alpha value is -3.84. The van der Waals surface area contributed by atoms with Gasteiger partial charge in [0.1, 0.15) is 23.0 Å². The number of fused-ring (bicyclic) bond motifs is 1. The van der Waals surface area contributed by atoms with Crippen LogP contribution in [-0.4, -0.2) is 16.7 Å². The maximum absolute atomic E-state index is 13.7. The molecule has 1 atom stereocenters. The first-order valence-corrected chi connectivity index (χ1v) is 9.54. The van der Waals surface area contributed by atoms with Gasteiger partial charge in [0.2, 0.25) is 11.6 Å². The SMILES string of the molecule is CC(O)c1ccc2c(c1)N/C(=C(/C(=O)c1ccccc1)C(=O)c1cc(F)cc(F)c1)N2. The molecule has 0 saturated heterocycles. The molecule has 1 heterocycles. The van der Waals surface area contributed by atoms with Crippen LogP contribution in [0.15, 0.2) is 78.1 Å². The number of anilines is 2. The van der Waals surface area contributed by atoms with Crippen molar-refractivity contribution in [3.05, 3.63) is 106 Å². The normalized spacial score (nSPS) is 14.8. The minimum atomic E-state index is -0.919. The topological polar surface area (TPSA) is 78.4 Å². The van der Waals surface area contributed by atoms with Gasteiger partial charge in [-0.25, -0.2) is 8.78 Å². The quantitative estimate of drug-likeness (QED) is 0.238. The van der Waals surface area contributed by atoms with E-state index in [1.54, 1.807) is 55.5 Å². The number of Topliss-reactive ketones (excluding diaryl/α,β-unsaturated/α-hetero) is 2. The second kappa shape index (κ2) is 8.12. The van der Waals surface area contributed by atoms with Gasteiger partial charge in [0.15, 0.2) is 0 Å². The number of ketones is 2. The van der Waals surface area contributed by atoms with Crippen molar-refractivity contribution in [3.63, 3.8) is 0 Å². The van der Waals surface area contributed by atoms with Crippen LogP contribution >= 0.6 is 0 Å². The van der Waals surface area contributed by atoms with Crippen molar-refractivity contribution in [1.82, 2.24) is 0 Å². The highest BCUT2D eigenvalue weighted by Gasteiger charge is 2.30. The molecule has 31 heavy (non-hydrogen) atoms. The lowest BCUT2D eigenvalue weighted by Crippen LogP contribution is -2.21. The van der Waals surface area contributed by atoms with Crippen LogP contribution in [0.25, 0.3) is 0 Å². The summed E-state index contributed by atoms with van der Waals surface area (Å²) in [6.07, 6.45) is -0.706. The molecule has 0 aliphatic carbocycles. The average molecular weight is 420 g/mol. The standard InChI is InChI=1S/C24H18F2N2O3/c1-13(29)15-7-8-19-20(11-15)28-24(27-19)21(22(30)14-5-3-2-4-6-14)23(31)16-9-17(25)12-18(26)10-16/h2-13,27-29H,1H3/b24-21-. The monoisotopic (exact) mass is 420 g/mol. The number of aliphatic hydroxyl groups excluding tert-OH is 1. The van der Waals surface area contributed by atoms with Crippen LogP contribution in [0.1, 0.15) is 39.3 Å². The minimum absolute atomic E-state index is 0.0984. The zero-order valence-electron chi connectivity index (χ0n) is 16.4. The lowest BCUT2D eigenvalue weighted by molar-refractivity contribution is 0.0960. The van der Waals surface area contributed by atoms with E-state index in [9.17, 15) is 23.5 Å². The highest BCUT2D eigenvalue weighted by atomic mass is 19.1. The van der Waals surface area contributed by atoms with Gasteiger partial charge in [0.25, 0.3) is 0 Å². The van der Waals surface area contributed by atoms with Gasteiger partial charge in [-0.1, -0.05) is 36.4 Å². The third kappa shape index (κ3) is 4.08. The largest absolute Gasteiger partial charge is 0.389 e. The molecule has 3 N–H and O–H groups in total. The Morgan fingerprint density at radius 1 is 0.806 bits per heavy atom. The Labute approximate surface area is 177 Å². The van der Waals surface area contributed by atoms with Gasteiger partial charge in [-0.15, -0.1) is 0 Å². The molecule has 0 radical (unpaired) electrons. The van der Waals surface area contributed by atoms with Crippen LogP contribution in [0, 0.1) is 11.6 Å². The van der Waals surface area contributed by atoms with E-state index < -0.39 is 29.3 Å². The van der Waals surface area contributed by atoms with Crippen molar-refractivity contribution in [2.24, 2.45) is 0 Å². The molecule has 1 aliphatic rings. The molecule has 3 aromatic carbocycles. The first-order valence-electron chi connectivity index (χ1n) is 9.54. The van der Waals surface area contributed by atoms with E-state index in [1.807, 2.05) is 0 Å². The molecular weight excluding hydrogens is 402 g/mol. The molecule has 0 aromatic heterocycles. The Morgan fingerprint density at radius 3 is 2.06 bits per heavy atom. The summed E-state index contributed by atoms with van der Waals surface area (Å²) in [7, 11) is 0. The van der Waals surface area contributed by atoms with E-state index in [-0.39, 0.29) is 22.5 Å². The maximum atomic E-state index is 13.7. The third-order valence-electron chi connectivity index (χ3n) is 4.91.